The van der Waals surface area contributed by atoms with Crippen LogP contribution in [0, 0.1) is 6.92 Å². The van der Waals surface area contributed by atoms with Crippen LogP contribution in [0.3, 0.4) is 0 Å². The summed E-state index contributed by atoms with van der Waals surface area (Å²) in [6.07, 6.45) is 8.03. The Kier molecular flexibility index (Phi) is 5.83. The summed E-state index contributed by atoms with van der Waals surface area (Å²) in [4.78, 5) is 14.9. The van der Waals surface area contributed by atoms with Crippen LogP contribution >= 0.6 is 11.3 Å². The first-order valence-electron chi connectivity index (χ1n) is 10.1. The normalized spacial score (nSPS) is 20.4. The van der Waals surface area contributed by atoms with Crippen LogP contribution < -0.4 is 10.9 Å². The molecule has 0 amide bonds. The minimum Gasteiger partial charge on any atom is -0.359 e. The lowest BCUT2D eigenvalue weighted by molar-refractivity contribution is 0.148. The molecule has 146 valence electrons. The first kappa shape index (κ1) is 18.6. The lowest BCUT2D eigenvalue weighted by Gasteiger charge is -2.35. The van der Waals surface area contributed by atoms with Crippen LogP contribution in [0.15, 0.2) is 10.9 Å². The molecular formula is C19H28N6OS. The predicted molar refractivity (Wildman–Crippen MR) is 107 cm³/mol. The minimum absolute atomic E-state index is 0.0478. The van der Waals surface area contributed by atoms with E-state index in [2.05, 4.69) is 25.5 Å². The third-order valence-corrected chi connectivity index (χ3v) is 6.43. The summed E-state index contributed by atoms with van der Waals surface area (Å²) in [6.45, 7) is 5.47. The summed E-state index contributed by atoms with van der Waals surface area (Å²) in [7, 11) is 0. The molecule has 0 aromatic carbocycles. The average Bonchev–Trinajstić information content (AvgIpc) is 3.10. The molecule has 0 bridgehead atoms. The van der Waals surface area contributed by atoms with Gasteiger partial charge in [-0.15, -0.1) is 10.2 Å². The zero-order valence-electron chi connectivity index (χ0n) is 16.0. The number of aromatic nitrogens is 4. The molecule has 1 unspecified atom stereocenters. The standard InChI is InChI=1S/C19H28N6OS/c1-14-21-22-19(27-14)20-13-16-7-4-5-9-24(16)10-11-25-18(26)12-15-6-2-3-8-17(15)23-25/h12,16H,2-11,13H2,1H3,(H,20,22). The third-order valence-electron chi connectivity index (χ3n) is 5.64. The summed E-state index contributed by atoms with van der Waals surface area (Å²) < 4.78 is 1.68. The van der Waals surface area contributed by atoms with Crippen molar-refractivity contribution in [3.05, 3.63) is 32.7 Å². The van der Waals surface area contributed by atoms with Gasteiger partial charge in [-0.05, 0) is 57.6 Å². The highest BCUT2D eigenvalue weighted by atomic mass is 32.1. The summed E-state index contributed by atoms with van der Waals surface area (Å²) in [5, 5.41) is 18.2. The van der Waals surface area contributed by atoms with Crippen LogP contribution in [-0.2, 0) is 19.4 Å². The van der Waals surface area contributed by atoms with Gasteiger partial charge in [0.15, 0.2) is 0 Å². The molecule has 7 nitrogen and oxygen atoms in total. The molecule has 1 atom stereocenters. The Hall–Kier alpha value is -1.80. The lowest BCUT2D eigenvalue weighted by atomic mass is 9.97. The van der Waals surface area contributed by atoms with Crippen molar-refractivity contribution >= 4 is 16.5 Å². The van der Waals surface area contributed by atoms with Gasteiger partial charge in [-0.25, -0.2) is 4.68 Å². The van der Waals surface area contributed by atoms with Crippen molar-refractivity contribution < 1.29 is 0 Å². The first-order chi connectivity index (χ1) is 13.2. The molecular weight excluding hydrogens is 360 g/mol. The molecule has 2 aromatic heterocycles. The zero-order valence-corrected chi connectivity index (χ0v) is 16.8. The van der Waals surface area contributed by atoms with Crippen molar-refractivity contribution in [3.63, 3.8) is 0 Å². The van der Waals surface area contributed by atoms with E-state index in [0.717, 1.165) is 53.9 Å². The van der Waals surface area contributed by atoms with Gasteiger partial charge >= 0.3 is 0 Å². The van der Waals surface area contributed by atoms with Gasteiger partial charge in [0.25, 0.3) is 5.56 Å². The quantitative estimate of drug-likeness (QED) is 0.818. The molecule has 1 N–H and O–H groups in total. The Morgan fingerprint density at radius 1 is 1.19 bits per heavy atom. The molecule has 8 heteroatoms. The van der Waals surface area contributed by atoms with Crippen molar-refractivity contribution in [2.24, 2.45) is 0 Å². The highest BCUT2D eigenvalue weighted by molar-refractivity contribution is 7.15. The minimum atomic E-state index is 0.0478. The summed E-state index contributed by atoms with van der Waals surface area (Å²) in [5.74, 6) is 0. The van der Waals surface area contributed by atoms with Crippen molar-refractivity contribution in [1.29, 1.82) is 0 Å². The fourth-order valence-corrected chi connectivity index (χ4v) is 4.74. The van der Waals surface area contributed by atoms with E-state index in [9.17, 15) is 4.79 Å². The number of hydrogen-bond donors (Lipinski definition) is 1. The maximum atomic E-state index is 12.4. The number of aryl methyl sites for hydroxylation is 3. The van der Waals surface area contributed by atoms with Crippen molar-refractivity contribution in [1.82, 2.24) is 24.9 Å². The number of likely N-dealkylation sites (tertiary alicyclic amines) is 1. The SMILES string of the molecule is Cc1nnc(NCC2CCCCN2CCn2nc3c(cc2=O)CCCC3)s1. The van der Waals surface area contributed by atoms with Crippen molar-refractivity contribution in [2.45, 2.75) is 64.5 Å². The molecule has 1 fully saturated rings. The number of hydrogen-bond acceptors (Lipinski definition) is 7. The van der Waals surface area contributed by atoms with E-state index in [-0.39, 0.29) is 5.56 Å². The van der Waals surface area contributed by atoms with Gasteiger partial charge in [-0.3, -0.25) is 9.69 Å². The number of fused-ring (bicyclic) bond motifs is 1. The monoisotopic (exact) mass is 388 g/mol. The molecule has 1 aliphatic carbocycles. The lowest BCUT2D eigenvalue weighted by Crippen LogP contribution is -2.45. The molecule has 1 aliphatic heterocycles. The number of piperidine rings is 1. The smallest absolute Gasteiger partial charge is 0.267 e. The number of nitrogens with one attached hydrogen (secondary N) is 1. The Morgan fingerprint density at radius 3 is 2.93 bits per heavy atom. The summed E-state index contributed by atoms with van der Waals surface area (Å²) in [5.41, 5.74) is 2.34. The van der Waals surface area contributed by atoms with Gasteiger partial charge in [0.1, 0.15) is 5.01 Å². The fourth-order valence-electron chi connectivity index (χ4n) is 4.14. The molecule has 4 rings (SSSR count). The van der Waals surface area contributed by atoms with E-state index < -0.39 is 0 Å². The maximum absolute atomic E-state index is 12.4. The van der Waals surface area contributed by atoms with Crippen molar-refractivity contribution in [2.75, 3.05) is 25.0 Å². The maximum Gasteiger partial charge on any atom is 0.267 e. The molecule has 1 saturated heterocycles. The number of rotatable bonds is 6. The Bertz CT molecular complexity index is 832. The molecule has 0 spiro atoms. The van der Waals surface area contributed by atoms with E-state index in [0.29, 0.717) is 12.6 Å². The topological polar surface area (TPSA) is 75.9 Å². The van der Waals surface area contributed by atoms with Crippen LogP contribution in [0.4, 0.5) is 5.13 Å². The molecule has 0 saturated carbocycles. The zero-order chi connectivity index (χ0) is 18.6. The molecule has 3 heterocycles. The second-order valence-electron chi connectivity index (χ2n) is 7.58. The van der Waals surface area contributed by atoms with Crippen LogP contribution in [0.1, 0.15) is 48.4 Å². The average molecular weight is 389 g/mol. The second kappa shape index (κ2) is 8.48. The van der Waals surface area contributed by atoms with E-state index >= 15 is 0 Å². The van der Waals surface area contributed by atoms with E-state index in [1.807, 2.05) is 13.0 Å². The Morgan fingerprint density at radius 2 is 2.07 bits per heavy atom. The Labute approximate surface area is 163 Å². The fraction of sp³-hybridized carbons (Fsp3) is 0.684. The first-order valence-corrected chi connectivity index (χ1v) is 10.9. The number of anilines is 1. The van der Waals surface area contributed by atoms with Crippen LogP contribution in [0.2, 0.25) is 0 Å². The van der Waals surface area contributed by atoms with Crippen LogP contribution in [0.25, 0.3) is 0 Å². The molecule has 0 radical (unpaired) electrons. The molecule has 27 heavy (non-hydrogen) atoms. The molecule has 2 aliphatic rings. The third kappa shape index (κ3) is 4.55. The highest BCUT2D eigenvalue weighted by Gasteiger charge is 2.23. The van der Waals surface area contributed by atoms with Gasteiger partial charge < -0.3 is 5.32 Å². The van der Waals surface area contributed by atoms with Crippen molar-refractivity contribution in [3.8, 4) is 0 Å². The van der Waals surface area contributed by atoms with E-state index in [4.69, 9.17) is 0 Å². The van der Waals surface area contributed by atoms with Gasteiger partial charge in [-0.2, -0.15) is 5.10 Å². The molecule has 2 aromatic rings. The van der Waals surface area contributed by atoms with Gasteiger partial charge in [0.2, 0.25) is 5.13 Å². The summed E-state index contributed by atoms with van der Waals surface area (Å²) >= 11 is 1.60. The highest BCUT2D eigenvalue weighted by Crippen LogP contribution is 2.20. The van der Waals surface area contributed by atoms with Gasteiger partial charge in [0, 0.05) is 25.2 Å². The summed E-state index contributed by atoms with van der Waals surface area (Å²) in [6, 6.07) is 2.28. The largest absolute Gasteiger partial charge is 0.359 e. The van der Waals surface area contributed by atoms with Gasteiger partial charge in [-0.1, -0.05) is 17.8 Å². The van der Waals surface area contributed by atoms with Crippen LogP contribution in [0.5, 0.6) is 0 Å². The van der Waals surface area contributed by atoms with E-state index in [1.165, 1.54) is 32.1 Å². The predicted octanol–water partition coefficient (Wildman–Crippen LogP) is 2.25. The Balaban J connectivity index is 1.37. The van der Waals surface area contributed by atoms with Gasteiger partial charge in [0.05, 0.1) is 12.2 Å². The van der Waals surface area contributed by atoms with E-state index in [1.54, 1.807) is 16.0 Å². The van der Waals surface area contributed by atoms with Crippen LogP contribution in [-0.4, -0.2) is 50.6 Å². The number of nitrogens with zero attached hydrogens (tertiary/aromatic N) is 5. The second-order valence-corrected chi connectivity index (χ2v) is 8.76.